The van der Waals surface area contributed by atoms with Crippen molar-refractivity contribution in [2.45, 2.75) is 23.8 Å². The number of hydrogen-bond acceptors (Lipinski definition) is 6. The third kappa shape index (κ3) is 6.83. The quantitative estimate of drug-likeness (QED) is 0.670. The monoisotopic (exact) mass is 461 g/mol. The van der Waals surface area contributed by atoms with Crippen LogP contribution in [0.3, 0.4) is 0 Å². The van der Waals surface area contributed by atoms with Crippen molar-refractivity contribution in [3.8, 4) is 0 Å². The van der Waals surface area contributed by atoms with Crippen molar-refractivity contribution in [2.75, 3.05) is 25.1 Å². The maximum Gasteiger partial charge on any atom is 0.296 e. The van der Waals surface area contributed by atoms with E-state index in [4.69, 9.17) is 38.2 Å². The number of anilines is 1. The number of halogens is 2. The molecular formula is C18H21Cl2N3O5S. The fourth-order valence-corrected chi connectivity index (χ4v) is 3.65. The van der Waals surface area contributed by atoms with Crippen LogP contribution >= 0.6 is 23.2 Å². The van der Waals surface area contributed by atoms with Gasteiger partial charge < -0.3 is 15.4 Å². The number of piperidine rings is 1. The molecule has 3 rings (SSSR count). The number of aromatic nitrogens is 1. The summed E-state index contributed by atoms with van der Waals surface area (Å²) in [5, 5.41) is 0.769. The second-order valence-corrected chi connectivity index (χ2v) is 8.50. The van der Waals surface area contributed by atoms with Crippen LogP contribution in [0.15, 0.2) is 41.4 Å². The van der Waals surface area contributed by atoms with E-state index in [0.717, 1.165) is 31.7 Å². The number of ether oxygens (including phenoxy) is 1. The van der Waals surface area contributed by atoms with Crippen molar-refractivity contribution in [3.63, 3.8) is 0 Å². The molecular weight excluding hydrogens is 441 g/mol. The lowest BCUT2D eigenvalue weighted by atomic mass is 10.1. The van der Waals surface area contributed by atoms with Crippen molar-refractivity contribution in [1.82, 2.24) is 4.98 Å². The highest BCUT2D eigenvalue weighted by Gasteiger charge is 2.20. The van der Waals surface area contributed by atoms with E-state index in [0.29, 0.717) is 11.1 Å². The molecule has 0 unspecified atom stereocenters. The molecule has 1 aliphatic heterocycles. The summed E-state index contributed by atoms with van der Waals surface area (Å²) >= 11 is 11.2. The summed E-state index contributed by atoms with van der Waals surface area (Å²) in [7, 11) is -2.46. The van der Waals surface area contributed by atoms with Gasteiger partial charge in [0.1, 0.15) is 10.7 Å². The molecule has 29 heavy (non-hydrogen) atoms. The van der Waals surface area contributed by atoms with Crippen molar-refractivity contribution in [1.29, 1.82) is 0 Å². The SMILES string of the molecule is COC1CCN(c2ccc(S(=O)(=O)O)cn2)CC1.NC(=O)c1ccc(Cl)cc1Cl. The maximum absolute atomic E-state index is 10.9. The predicted molar refractivity (Wildman–Crippen MR) is 111 cm³/mol. The molecule has 0 spiro atoms. The molecule has 3 N–H and O–H groups in total. The van der Waals surface area contributed by atoms with Gasteiger partial charge in [0.2, 0.25) is 5.91 Å². The molecule has 11 heteroatoms. The Kier molecular flexibility index (Phi) is 8.23. The first-order chi connectivity index (χ1) is 13.6. The zero-order valence-electron chi connectivity index (χ0n) is 15.6. The summed E-state index contributed by atoms with van der Waals surface area (Å²) < 4.78 is 35.9. The zero-order chi connectivity index (χ0) is 21.6. The highest BCUT2D eigenvalue weighted by Crippen LogP contribution is 2.21. The van der Waals surface area contributed by atoms with Crippen LogP contribution in [-0.2, 0) is 14.9 Å². The Morgan fingerprint density at radius 1 is 1.24 bits per heavy atom. The smallest absolute Gasteiger partial charge is 0.296 e. The summed E-state index contributed by atoms with van der Waals surface area (Å²) in [5.41, 5.74) is 5.29. The molecule has 0 radical (unpaired) electrons. The van der Waals surface area contributed by atoms with Crippen molar-refractivity contribution in [3.05, 3.63) is 52.1 Å². The standard InChI is InChI=1S/C11H16N2O4S.C7H5Cl2NO/c1-17-9-4-6-13(7-5-9)11-3-2-10(8-12-11)18(14,15)16;8-4-1-2-5(7(10)11)6(9)3-4/h2-3,8-9H,4-7H2,1H3,(H,14,15,16);1-3H,(H2,10,11). The van der Waals surface area contributed by atoms with Gasteiger partial charge in [-0.15, -0.1) is 0 Å². The van der Waals surface area contributed by atoms with Gasteiger partial charge in [0.15, 0.2) is 0 Å². The van der Waals surface area contributed by atoms with Crippen LogP contribution in [0.25, 0.3) is 0 Å². The minimum Gasteiger partial charge on any atom is -0.381 e. The minimum atomic E-state index is -4.16. The van der Waals surface area contributed by atoms with E-state index < -0.39 is 16.0 Å². The number of rotatable bonds is 4. The van der Waals surface area contributed by atoms with Crippen LogP contribution in [0.4, 0.5) is 5.82 Å². The third-order valence-corrected chi connectivity index (χ3v) is 5.70. The van der Waals surface area contributed by atoms with Gasteiger partial charge in [0, 0.05) is 25.2 Å². The molecule has 1 aliphatic rings. The van der Waals surface area contributed by atoms with Crippen LogP contribution in [-0.4, -0.2) is 50.2 Å². The molecule has 0 bridgehead atoms. The number of nitrogens with zero attached hydrogens (tertiary/aromatic N) is 2. The Labute approximate surface area is 179 Å². The highest BCUT2D eigenvalue weighted by atomic mass is 35.5. The van der Waals surface area contributed by atoms with Gasteiger partial charge in [-0.2, -0.15) is 8.42 Å². The lowest BCUT2D eigenvalue weighted by Crippen LogP contribution is -2.37. The summed E-state index contributed by atoms with van der Waals surface area (Å²) in [5.74, 6) is 0.170. The van der Waals surface area contributed by atoms with Gasteiger partial charge in [-0.1, -0.05) is 23.2 Å². The van der Waals surface area contributed by atoms with Crippen LogP contribution < -0.4 is 10.6 Å². The number of primary amides is 1. The Morgan fingerprint density at radius 2 is 1.90 bits per heavy atom. The van der Waals surface area contributed by atoms with Gasteiger partial charge in [0.25, 0.3) is 10.1 Å². The largest absolute Gasteiger partial charge is 0.381 e. The summed E-state index contributed by atoms with van der Waals surface area (Å²) in [6.45, 7) is 1.66. The number of carbonyl (C=O) groups is 1. The molecule has 0 atom stereocenters. The zero-order valence-corrected chi connectivity index (χ0v) is 17.9. The molecule has 1 fully saturated rings. The van der Waals surface area contributed by atoms with Gasteiger partial charge in [0.05, 0.1) is 22.9 Å². The van der Waals surface area contributed by atoms with Gasteiger partial charge in [-0.25, -0.2) is 4.98 Å². The van der Waals surface area contributed by atoms with E-state index in [1.54, 1.807) is 19.2 Å². The second-order valence-electron chi connectivity index (χ2n) is 6.24. The Bertz CT molecular complexity index is 946. The first-order valence-electron chi connectivity index (χ1n) is 8.58. The molecule has 2 heterocycles. The summed E-state index contributed by atoms with van der Waals surface area (Å²) in [4.78, 5) is 16.6. The van der Waals surface area contributed by atoms with Gasteiger partial charge in [-0.05, 0) is 43.2 Å². The molecule has 1 aromatic carbocycles. The van der Waals surface area contributed by atoms with E-state index >= 15 is 0 Å². The van der Waals surface area contributed by atoms with Gasteiger partial charge in [-0.3, -0.25) is 9.35 Å². The Hall–Kier alpha value is -1.91. The molecule has 1 aromatic heterocycles. The molecule has 0 saturated carbocycles. The lowest BCUT2D eigenvalue weighted by molar-refractivity contribution is 0.0818. The predicted octanol–water partition coefficient (Wildman–Crippen LogP) is 3.04. The molecule has 1 amide bonds. The van der Waals surface area contributed by atoms with Crippen molar-refractivity contribution in [2.24, 2.45) is 5.73 Å². The summed E-state index contributed by atoms with van der Waals surface area (Å²) in [6.07, 6.45) is 3.32. The van der Waals surface area contributed by atoms with E-state index in [1.165, 1.54) is 24.4 Å². The van der Waals surface area contributed by atoms with Crippen molar-refractivity contribution >= 4 is 45.0 Å². The minimum absolute atomic E-state index is 0.182. The first-order valence-corrected chi connectivity index (χ1v) is 10.8. The topological polar surface area (TPSA) is 123 Å². The van der Waals surface area contributed by atoms with Crippen molar-refractivity contribution < 1.29 is 22.5 Å². The molecule has 8 nitrogen and oxygen atoms in total. The average molecular weight is 462 g/mol. The van der Waals surface area contributed by atoms with Gasteiger partial charge >= 0.3 is 0 Å². The number of pyridine rings is 1. The first kappa shape index (κ1) is 23.4. The fraction of sp³-hybridized carbons (Fsp3) is 0.333. The normalized spacial score (nSPS) is 14.8. The van der Waals surface area contributed by atoms with Crippen LogP contribution in [0.2, 0.25) is 10.0 Å². The fourth-order valence-electron chi connectivity index (χ4n) is 2.72. The number of methoxy groups -OCH3 is 1. The third-order valence-electron chi connectivity index (χ3n) is 4.31. The van der Waals surface area contributed by atoms with E-state index in [9.17, 15) is 13.2 Å². The summed E-state index contributed by atoms with van der Waals surface area (Å²) in [6, 6.07) is 7.50. The number of amides is 1. The van der Waals surface area contributed by atoms with Crippen LogP contribution in [0.1, 0.15) is 23.2 Å². The van der Waals surface area contributed by atoms with Crippen LogP contribution in [0, 0.1) is 0 Å². The van der Waals surface area contributed by atoms with Crippen LogP contribution in [0.5, 0.6) is 0 Å². The number of benzene rings is 1. The number of nitrogens with two attached hydrogens (primary N) is 1. The van der Waals surface area contributed by atoms with E-state index in [-0.39, 0.29) is 15.5 Å². The number of hydrogen-bond donors (Lipinski definition) is 2. The highest BCUT2D eigenvalue weighted by molar-refractivity contribution is 7.85. The second kappa shape index (κ2) is 10.2. The Balaban J connectivity index is 0.000000234. The van der Waals surface area contributed by atoms with E-state index in [2.05, 4.69) is 9.88 Å². The number of carbonyl (C=O) groups excluding carboxylic acids is 1. The maximum atomic E-state index is 10.9. The molecule has 0 aliphatic carbocycles. The Morgan fingerprint density at radius 3 is 2.34 bits per heavy atom. The average Bonchev–Trinajstić information content (AvgIpc) is 2.68. The van der Waals surface area contributed by atoms with E-state index in [1.807, 2.05) is 0 Å². The lowest BCUT2D eigenvalue weighted by Gasteiger charge is -2.32. The molecule has 1 saturated heterocycles. The molecule has 158 valence electrons. The molecule has 2 aromatic rings.